The Morgan fingerprint density at radius 2 is 2.27 bits per heavy atom. The summed E-state index contributed by atoms with van der Waals surface area (Å²) in [5.41, 5.74) is 0. The Morgan fingerprint density at radius 3 is 2.64 bits per heavy atom. The van der Waals surface area contributed by atoms with Gasteiger partial charge in [0, 0.05) is 7.05 Å². The van der Waals surface area contributed by atoms with Gasteiger partial charge in [0.15, 0.2) is 5.82 Å². The molecule has 0 amide bonds. The van der Waals surface area contributed by atoms with Crippen molar-refractivity contribution >= 4 is 15.8 Å². The van der Waals surface area contributed by atoms with E-state index in [1.807, 2.05) is 0 Å². The maximum Gasteiger partial charge on any atom is 0.231 e. The van der Waals surface area contributed by atoms with Crippen molar-refractivity contribution < 1.29 is 8.42 Å². The summed E-state index contributed by atoms with van der Waals surface area (Å²) in [5.74, 6) is 0.231. The molecule has 0 radical (unpaired) electrons. The molecule has 0 spiro atoms. The molecule has 0 atom stereocenters. The van der Waals surface area contributed by atoms with Crippen LogP contribution in [0.5, 0.6) is 0 Å². The molecular formula is C4H8N4O2S. The Balaban J connectivity index is 2.81. The van der Waals surface area contributed by atoms with Gasteiger partial charge < -0.3 is 0 Å². The smallest absolute Gasteiger partial charge is 0.231 e. The lowest BCUT2D eigenvalue weighted by molar-refractivity contribution is 0.606. The van der Waals surface area contributed by atoms with Crippen molar-refractivity contribution in [2.45, 2.75) is 0 Å². The Morgan fingerprint density at radius 1 is 1.64 bits per heavy atom. The van der Waals surface area contributed by atoms with Crippen LogP contribution in [0, 0.1) is 0 Å². The van der Waals surface area contributed by atoms with Gasteiger partial charge in [-0.05, 0) is 0 Å². The van der Waals surface area contributed by atoms with Crippen LogP contribution in [0.1, 0.15) is 0 Å². The molecule has 6 nitrogen and oxygen atoms in total. The van der Waals surface area contributed by atoms with Crippen LogP contribution in [0.15, 0.2) is 6.20 Å². The zero-order chi connectivity index (χ0) is 8.48. The number of aryl methyl sites for hydroxylation is 1. The number of anilines is 1. The Labute approximate surface area is 64.3 Å². The fourth-order valence-corrected chi connectivity index (χ4v) is 1.06. The van der Waals surface area contributed by atoms with Crippen molar-refractivity contribution in [3.8, 4) is 0 Å². The van der Waals surface area contributed by atoms with Crippen molar-refractivity contribution in [2.24, 2.45) is 7.05 Å². The van der Waals surface area contributed by atoms with E-state index in [0.717, 1.165) is 6.26 Å². The average Bonchev–Trinajstić information content (AvgIpc) is 2.10. The van der Waals surface area contributed by atoms with E-state index in [1.54, 1.807) is 7.05 Å². The molecule has 0 aliphatic rings. The highest BCUT2D eigenvalue weighted by Crippen LogP contribution is 1.99. The van der Waals surface area contributed by atoms with Gasteiger partial charge in [-0.25, -0.2) is 8.42 Å². The SMILES string of the molecule is Cn1cc(NS(C)(=O)=O)nn1. The second-order valence-electron chi connectivity index (χ2n) is 2.15. The quantitative estimate of drug-likeness (QED) is 0.639. The predicted molar refractivity (Wildman–Crippen MR) is 39.5 cm³/mol. The van der Waals surface area contributed by atoms with Crippen molar-refractivity contribution in [2.75, 3.05) is 11.0 Å². The van der Waals surface area contributed by atoms with Gasteiger partial charge in [-0.3, -0.25) is 9.40 Å². The number of aromatic nitrogens is 3. The molecule has 0 saturated heterocycles. The summed E-state index contributed by atoms with van der Waals surface area (Å²) in [6.45, 7) is 0. The fourth-order valence-electron chi connectivity index (χ4n) is 0.584. The minimum absolute atomic E-state index is 0.231. The van der Waals surface area contributed by atoms with E-state index >= 15 is 0 Å². The molecule has 0 aromatic carbocycles. The van der Waals surface area contributed by atoms with Gasteiger partial charge in [-0.1, -0.05) is 5.21 Å². The summed E-state index contributed by atoms with van der Waals surface area (Å²) in [5, 5.41) is 7.06. The van der Waals surface area contributed by atoms with Crippen LogP contribution in [0.2, 0.25) is 0 Å². The highest BCUT2D eigenvalue weighted by molar-refractivity contribution is 7.92. The van der Waals surface area contributed by atoms with Gasteiger partial charge in [-0.2, -0.15) is 0 Å². The van der Waals surface area contributed by atoms with Gasteiger partial charge in [0.1, 0.15) is 0 Å². The molecule has 62 valence electrons. The van der Waals surface area contributed by atoms with Crippen LogP contribution in [0.25, 0.3) is 0 Å². The van der Waals surface area contributed by atoms with E-state index in [9.17, 15) is 8.42 Å². The first kappa shape index (κ1) is 7.99. The molecule has 0 saturated carbocycles. The molecule has 11 heavy (non-hydrogen) atoms. The maximum atomic E-state index is 10.6. The number of sulfonamides is 1. The van der Waals surface area contributed by atoms with E-state index in [4.69, 9.17) is 0 Å². The number of hydrogen-bond donors (Lipinski definition) is 1. The second kappa shape index (κ2) is 2.50. The summed E-state index contributed by atoms with van der Waals surface area (Å²) in [6.07, 6.45) is 2.53. The topological polar surface area (TPSA) is 76.9 Å². The third-order valence-corrected chi connectivity index (χ3v) is 1.47. The van der Waals surface area contributed by atoms with Gasteiger partial charge in [-0.15, -0.1) is 5.10 Å². The molecule has 0 bridgehead atoms. The maximum absolute atomic E-state index is 10.6. The van der Waals surface area contributed by atoms with Crippen LogP contribution in [-0.4, -0.2) is 29.7 Å². The normalized spacial score (nSPS) is 11.5. The molecule has 1 aromatic heterocycles. The molecule has 7 heteroatoms. The Bertz CT molecular complexity index is 341. The Kier molecular flexibility index (Phi) is 1.81. The largest absolute Gasteiger partial charge is 0.265 e. The fraction of sp³-hybridized carbons (Fsp3) is 0.500. The number of nitrogens with one attached hydrogen (secondary N) is 1. The van der Waals surface area contributed by atoms with Crippen molar-refractivity contribution in [3.63, 3.8) is 0 Å². The molecule has 0 aliphatic heterocycles. The van der Waals surface area contributed by atoms with E-state index in [2.05, 4.69) is 15.0 Å². The van der Waals surface area contributed by atoms with E-state index in [1.165, 1.54) is 10.9 Å². The molecule has 1 N–H and O–H groups in total. The van der Waals surface area contributed by atoms with Gasteiger partial charge >= 0.3 is 0 Å². The molecule has 1 heterocycles. The lowest BCUT2D eigenvalue weighted by Gasteiger charge is -1.94. The zero-order valence-corrected chi connectivity index (χ0v) is 6.96. The van der Waals surface area contributed by atoms with Crippen LogP contribution >= 0.6 is 0 Å². The second-order valence-corrected chi connectivity index (χ2v) is 3.90. The molecule has 1 aromatic rings. The summed E-state index contributed by atoms with van der Waals surface area (Å²) < 4.78 is 24.8. The summed E-state index contributed by atoms with van der Waals surface area (Å²) in [7, 11) is -1.58. The van der Waals surface area contributed by atoms with Gasteiger partial charge in [0.05, 0.1) is 12.5 Å². The van der Waals surface area contributed by atoms with Crippen LogP contribution in [0.3, 0.4) is 0 Å². The number of nitrogens with zero attached hydrogens (tertiary/aromatic N) is 3. The van der Waals surface area contributed by atoms with E-state index < -0.39 is 10.0 Å². The van der Waals surface area contributed by atoms with Crippen molar-refractivity contribution in [3.05, 3.63) is 6.20 Å². The number of hydrogen-bond acceptors (Lipinski definition) is 4. The highest BCUT2D eigenvalue weighted by atomic mass is 32.2. The van der Waals surface area contributed by atoms with E-state index in [-0.39, 0.29) is 5.82 Å². The van der Waals surface area contributed by atoms with Gasteiger partial charge in [0.25, 0.3) is 0 Å². The monoisotopic (exact) mass is 176 g/mol. The van der Waals surface area contributed by atoms with Crippen molar-refractivity contribution in [1.29, 1.82) is 0 Å². The third kappa shape index (κ3) is 2.54. The molecular weight excluding hydrogens is 168 g/mol. The standard InChI is InChI=1S/C4H8N4O2S/c1-8-3-4(5-7-8)6-11(2,9)10/h3,6H,1-2H3. The lowest BCUT2D eigenvalue weighted by atomic mass is 10.8. The summed E-state index contributed by atoms with van der Waals surface area (Å²) in [6, 6.07) is 0. The van der Waals surface area contributed by atoms with Crippen LogP contribution in [0.4, 0.5) is 5.82 Å². The minimum Gasteiger partial charge on any atom is -0.265 e. The molecule has 0 fully saturated rings. The minimum atomic E-state index is -3.23. The molecule has 0 aliphatic carbocycles. The average molecular weight is 176 g/mol. The third-order valence-electron chi connectivity index (χ3n) is 0.893. The Hall–Kier alpha value is -1.11. The van der Waals surface area contributed by atoms with E-state index in [0.29, 0.717) is 0 Å². The van der Waals surface area contributed by atoms with Crippen molar-refractivity contribution in [1.82, 2.24) is 15.0 Å². The molecule has 1 rings (SSSR count). The zero-order valence-electron chi connectivity index (χ0n) is 6.14. The van der Waals surface area contributed by atoms with Crippen LogP contribution < -0.4 is 4.72 Å². The van der Waals surface area contributed by atoms with Crippen LogP contribution in [-0.2, 0) is 17.1 Å². The highest BCUT2D eigenvalue weighted by Gasteiger charge is 2.03. The first-order valence-electron chi connectivity index (χ1n) is 2.81. The predicted octanol–water partition coefficient (Wildman–Crippen LogP) is -0.813. The molecule has 0 unspecified atom stereocenters. The number of rotatable bonds is 2. The first-order valence-corrected chi connectivity index (χ1v) is 4.70. The summed E-state index contributed by atoms with van der Waals surface area (Å²) >= 11 is 0. The first-order chi connectivity index (χ1) is 4.97. The summed E-state index contributed by atoms with van der Waals surface area (Å²) in [4.78, 5) is 0. The van der Waals surface area contributed by atoms with Gasteiger partial charge in [0.2, 0.25) is 10.0 Å². The lowest BCUT2D eigenvalue weighted by Crippen LogP contribution is -2.09.